The Kier molecular flexibility index (Phi) is 7.26. The third-order valence-electron chi connectivity index (χ3n) is 7.38. The van der Waals surface area contributed by atoms with E-state index in [1.165, 1.54) is 6.07 Å². The van der Waals surface area contributed by atoms with E-state index in [0.29, 0.717) is 42.8 Å². The van der Waals surface area contributed by atoms with Gasteiger partial charge in [0, 0.05) is 49.0 Å². The quantitative estimate of drug-likeness (QED) is 0.603. The lowest BCUT2D eigenvalue weighted by molar-refractivity contribution is -0.143. The van der Waals surface area contributed by atoms with E-state index in [1.807, 2.05) is 17.9 Å². The van der Waals surface area contributed by atoms with E-state index in [-0.39, 0.29) is 37.3 Å². The highest BCUT2D eigenvalue weighted by Crippen LogP contribution is 2.39. The Labute approximate surface area is 199 Å². The van der Waals surface area contributed by atoms with Crippen molar-refractivity contribution in [2.75, 3.05) is 26.2 Å². The number of carbonyl (C=O) groups excluding carboxylic acids is 2. The van der Waals surface area contributed by atoms with Crippen LogP contribution in [-0.4, -0.2) is 53.7 Å². The molecule has 0 spiro atoms. The highest BCUT2D eigenvalue weighted by Gasteiger charge is 2.43. The summed E-state index contributed by atoms with van der Waals surface area (Å²) in [6.45, 7) is 4.98. The number of ether oxygens (including phenoxy) is 1. The highest BCUT2D eigenvalue weighted by molar-refractivity contribution is 5.85. The number of rotatable bonds is 7. The number of hydrogen-bond acceptors (Lipinski definition) is 6. The van der Waals surface area contributed by atoms with Crippen molar-refractivity contribution in [1.82, 2.24) is 10.2 Å². The minimum absolute atomic E-state index is 0.000901. The Morgan fingerprint density at radius 2 is 2.12 bits per heavy atom. The van der Waals surface area contributed by atoms with Gasteiger partial charge >= 0.3 is 5.63 Å². The van der Waals surface area contributed by atoms with Gasteiger partial charge in [-0.15, -0.1) is 0 Å². The fraction of sp³-hybridized carbons (Fsp3) is 0.577. The molecule has 1 aromatic carbocycles. The molecule has 1 aliphatic heterocycles. The van der Waals surface area contributed by atoms with Gasteiger partial charge in [0.2, 0.25) is 5.91 Å². The van der Waals surface area contributed by atoms with Gasteiger partial charge in [-0.25, -0.2) is 4.79 Å². The zero-order valence-corrected chi connectivity index (χ0v) is 20.0. The van der Waals surface area contributed by atoms with E-state index in [9.17, 15) is 19.5 Å². The third-order valence-corrected chi connectivity index (χ3v) is 7.38. The second-order valence-corrected chi connectivity index (χ2v) is 9.53. The molecule has 2 aromatic rings. The smallest absolute Gasteiger partial charge is 0.336 e. The summed E-state index contributed by atoms with van der Waals surface area (Å²) < 4.78 is 11.0. The van der Waals surface area contributed by atoms with Gasteiger partial charge in [-0.1, -0.05) is 19.8 Å². The molecule has 8 nitrogen and oxygen atoms in total. The van der Waals surface area contributed by atoms with E-state index in [4.69, 9.17) is 9.15 Å². The monoisotopic (exact) mass is 470 g/mol. The van der Waals surface area contributed by atoms with Crippen molar-refractivity contribution in [2.45, 2.75) is 64.4 Å². The topological polar surface area (TPSA) is 109 Å². The summed E-state index contributed by atoms with van der Waals surface area (Å²) in [6, 6.07) is 5.11. The first-order valence-corrected chi connectivity index (χ1v) is 12.3. The number of piperidine rings is 1. The fourth-order valence-electron chi connectivity index (χ4n) is 5.32. The first-order chi connectivity index (χ1) is 16.3. The summed E-state index contributed by atoms with van der Waals surface area (Å²) >= 11 is 0. The van der Waals surface area contributed by atoms with Crippen LogP contribution in [0.2, 0.25) is 0 Å². The number of aryl methyl sites for hydroxylation is 2. The van der Waals surface area contributed by atoms with Crippen LogP contribution in [0.5, 0.6) is 5.75 Å². The van der Waals surface area contributed by atoms with Crippen LogP contribution in [0.1, 0.15) is 56.6 Å². The standard InChI is InChI=1S/C26H34N2O6/c1-3-18-14-24(31)34-25-17(2)21(8-7-20(18)25)33-16-22(29)27-12-9-23(30)28-13-11-26(32)10-5-4-6-19(26)15-28/h7-8,14,19,32H,3-6,9-13,15-16H2,1-2H3,(H,27,29)/t19-,26-/m1/s1. The van der Waals surface area contributed by atoms with Crippen molar-refractivity contribution < 1.29 is 23.8 Å². The number of aliphatic hydroxyl groups is 1. The lowest BCUT2D eigenvalue weighted by Crippen LogP contribution is -2.54. The van der Waals surface area contributed by atoms with Crippen LogP contribution in [-0.2, 0) is 16.0 Å². The molecule has 184 valence electrons. The molecule has 8 heteroatoms. The first kappa shape index (κ1) is 24.3. The predicted molar refractivity (Wildman–Crippen MR) is 128 cm³/mol. The summed E-state index contributed by atoms with van der Waals surface area (Å²) in [6.07, 6.45) is 5.52. The van der Waals surface area contributed by atoms with Crippen LogP contribution >= 0.6 is 0 Å². The van der Waals surface area contributed by atoms with E-state index < -0.39 is 11.2 Å². The Balaban J connectivity index is 1.25. The lowest BCUT2D eigenvalue weighted by Gasteiger charge is -2.47. The molecule has 1 aliphatic carbocycles. The number of likely N-dealkylation sites (tertiary alicyclic amines) is 1. The fourth-order valence-corrected chi connectivity index (χ4v) is 5.32. The van der Waals surface area contributed by atoms with Gasteiger partial charge in [0.15, 0.2) is 6.61 Å². The number of amides is 2. The number of nitrogens with one attached hydrogen (secondary N) is 1. The molecule has 34 heavy (non-hydrogen) atoms. The van der Waals surface area contributed by atoms with E-state index in [0.717, 1.165) is 36.6 Å². The van der Waals surface area contributed by atoms with Crippen LogP contribution in [0.3, 0.4) is 0 Å². The molecule has 1 saturated carbocycles. The molecular formula is C26H34N2O6. The minimum atomic E-state index is -0.609. The summed E-state index contributed by atoms with van der Waals surface area (Å²) in [5.74, 6) is 0.311. The molecule has 2 N–H and O–H groups in total. The molecule has 0 radical (unpaired) electrons. The number of carbonyl (C=O) groups is 2. The number of nitrogens with zero attached hydrogens (tertiary/aromatic N) is 1. The van der Waals surface area contributed by atoms with Crippen LogP contribution in [0.15, 0.2) is 27.4 Å². The maximum absolute atomic E-state index is 12.6. The Bertz CT molecular complexity index is 1130. The molecule has 2 atom stereocenters. The summed E-state index contributed by atoms with van der Waals surface area (Å²) in [7, 11) is 0. The van der Waals surface area contributed by atoms with Crippen molar-refractivity contribution in [3.8, 4) is 5.75 Å². The van der Waals surface area contributed by atoms with Crippen LogP contribution in [0, 0.1) is 12.8 Å². The third kappa shape index (κ3) is 5.12. The van der Waals surface area contributed by atoms with Crippen LogP contribution < -0.4 is 15.7 Å². The molecule has 2 aliphatic rings. The van der Waals surface area contributed by atoms with Gasteiger partial charge < -0.3 is 24.5 Å². The molecule has 0 bridgehead atoms. The van der Waals surface area contributed by atoms with Gasteiger partial charge in [-0.05, 0) is 50.3 Å². The van der Waals surface area contributed by atoms with Crippen LogP contribution in [0.25, 0.3) is 11.0 Å². The normalized spacial score (nSPS) is 22.3. The first-order valence-electron chi connectivity index (χ1n) is 12.3. The van der Waals surface area contributed by atoms with Gasteiger partial charge in [0.05, 0.1) is 5.60 Å². The Morgan fingerprint density at radius 3 is 2.91 bits per heavy atom. The van der Waals surface area contributed by atoms with E-state index in [1.54, 1.807) is 13.0 Å². The maximum Gasteiger partial charge on any atom is 0.336 e. The maximum atomic E-state index is 12.6. The minimum Gasteiger partial charge on any atom is -0.483 e. The summed E-state index contributed by atoms with van der Waals surface area (Å²) in [5, 5.41) is 14.4. The van der Waals surface area contributed by atoms with Gasteiger partial charge in [-0.2, -0.15) is 0 Å². The van der Waals surface area contributed by atoms with Crippen molar-refractivity contribution in [3.05, 3.63) is 39.7 Å². The zero-order chi connectivity index (χ0) is 24.3. The summed E-state index contributed by atoms with van der Waals surface area (Å²) in [4.78, 5) is 38.6. The van der Waals surface area contributed by atoms with Gasteiger partial charge in [0.1, 0.15) is 11.3 Å². The second-order valence-electron chi connectivity index (χ2n) is 9.53. The van der Waals surface area contributed by atoms with E-state index >= 15 is 0 Å². The summed E-state index contributed by atoms with van der Waals surface area (Å²) in [5.41, 5.74) is 1.03. The highest BCUT2D eigenvalue weighted by atomic mass is 16.5. The number of benzene rings is 1. The molecule has 2 heterocycles. The zero-order valence-electron chi connectivity index (χ0n) is 20.0. The van der Waals surface area contributed by atoms with Crippen LogP contribution in [0.4, 0.5) is 0 Å². The second kappa shape index (κ2) is 10.2. The van der Waals surface area contributed by atoms with Gasteiger partial charge in [0.25, 0.3) is 5.91 Å². The van der Waals surface area contributed by atoms with Crippen molar-refractivity contribution in [1.29, 1.82) is 0 Å². The number of hydrogen-bond donors (Lipinski definition) is 2. The Hall–Kier alpha value is -2.87. The SMILES string of the molecule is CCc1cc(=O)oc2c(C)c(OCC(=O)NCCC(=O)N3CC[C@]4(O)CCCC[C@@H]4C3)ccc12. The molecule has 2 fully saturated rings. The largest absolute Gasteiger partial charge is 0.483 e. The lowest BCUT2D eigenvalue weighted by atomic mass is 9.71. The Morgan fingerprint density at radius 1 is 1.29 bits per heavy atom. The van der Waals surface area contributed by atoms with E-state index in [2.05, 4.69) is 5.32 Å². The molecular weight excluding hydrogens is 436 g/mol. The predicted octanol–water partition coefficient (Wildman–Crippen LogP) is 2.70. The average molecular weight is 471 g/mol. The molecule has 0 unspecified atom stereocenters. The van der Waals surface area contributed by atoms with Crippen molar-refractivity contribution in [3.63, 3.8) is 0 Å². The average Bonchev–Trinajstić information content (AvgIpc) is 2.82. The van der Waals surface area contributed by atoms with Crippen molar-refractivity contribution >= 4 is 22.8 Å². The van der Waals surface area contributed by atoms with Gasteiger partial charge in [-0.3, -0.25) is 9.59 Å². The number of fused-ring (bicyclic) bond motifs is 2. The van der Waals surface area contributed by atoms with Crippen molar-refractivity contribution in [2.24, 2.45) is 5.92 Å². The molecule has 1 saturated heterocycles. The molecule has 1 aromatic heterocycles. The molecule has 4 rings (SSSR count). The molecule has 2 amide bonds.